The number of hydrogen-bond donors (Lipinski definition) is 1. The van der Waals surface area contributed by atoms with Crippen LogP contribution in [-0.4, -0.2) is 50.4 Å². The molecule has 7 heteroatoms. The van der Waals surface area contributed by atoms with E-state index in [1.54, 1.807) is 24.3 Å². The van der Waals surface area contributed by atoms with E-state index in [2.05, 4.69) is 6.58 Å². The molecule has 0 bridgehead atoms. The normalized spacial score (nSPS) is 17.9. The molecule has 0 spiro atoms. The maximum absolute atomic E-state index is 14.7. The molecule has 6 nitrogen and oxygen atoms in total. The van der Waals surface area contributed by atoms with Crippen LogP contribution in [0.3, 0.4) is 0 Å². The average Bonchev–Trinajstić information content (AvgIpc) is 3.01. The lowest BCUT2D eigenvalue weighted by Gasteiger charge is -2.28. The molecule has 2 aromatic carbocycles. The van der Waals surface area contributed by atoms with E-state index in [9.17, 15) is 19.1 Å². The summed E-state index contributed by atoms with van der Waals surface area (Å²) in [5.74, 6) is -2.31. The van der Waals surface area contributed by atoms with Crippen LogP contribution in [0.25, 0.3) is 5.76 Å². The van der Waals surface area contributed by atoms with E-state index in [4.69, 9.17) is 4.74 Å². The van der Waals surface area contributed by atoms with Gasteiger partial charge in [-0.3, -0.25) is 9.59 Å². The quantitative estimate of drug-likeness (QED) is 0.294. The Kier molecular flexibility index (Phi) is 6.87. The maximum Gasteiger partial charge on any atom is 0.295 e. The molecule has 1 atom stereocenters. The monoisotopic (exact) mass is 424 g/mol. The van der Waals surface area contributed by atoms with Gasteiger partial charge in [-0.15, -0.1) is 0 Å². The lowest BCUT2D eigenvalue weighted by Crippen LogP contribution is -3.06. The minimum absolute atomic E-state index is 0.129. The van der Waals surface area contributed by atoms with Crippen molar-refractivity contribution in [3.8, 4) is 5.75 Å². The number of benzene rings is 2. The summed E-state index contributed by atoms with van der Waals surface area (Å²) in [7, 11) is 3.82. The first kappa shape index (κ1) is 22.2. The van der Waals surface area contributed by atoms with Gasteiger partial charge in [0.2, 0.25) is 5.78 Å². The van der Waals surface area contributed by atoms with Crippen molar-refractivity contribution in [2.45, 2.75) is 6.04 Å². The molecule has 1 N–H and O–H groups in total. The first-order chi connectivity index (χ1) is 14.8. The number of carbonyl (C=O) groups is 2. The van der Waals surface area contributed by atoms with Crippen LogP contribution < -0.4 is 14.7 Å². The van der Waals surface area contributed by atoms with Gasteiger partial charge in [0.15, 0.2) is 0 Å². The van der Waals surface area contributed by atoms with Gasteiger partial charge in [-0.05, 0) is 23.8 Å². The van der Waals surface area contributed by atoms with Gasteiger partial charge in [0.05, 0.1) is 33.2 Å². The molecule has 2 aromatic rings. The second-order valence-electron chi connectivity index (χ2n) is 7.58. The summed E-state index contributed by atoms with van der Waals surface area (Å²) in [5, 5.41) is 13.3. The van der Waals surface area contributed by atoms with Gasteiger partial charge in [-0.2, -0.15) is 0 Å². The highest BCUT2D eigenvalue weighted by Gasteiger charge is 2.45. The number of rotatable bonds is 8. The Morgan fingerprint density at radius 3 is 2.48 bits per heavy atom. The molecule has 1 aliphatic rings. The highest BCUT2D eigenvalue weighted by molar-refractivity contribution is 6.46. The third-order valence-electron chi connectivity index (χ3n) is 5.07. The molecule has 0 saturated carbocycles. The number of likely N-dealkylation sites (tertiary alicyclic amines) is 1. The largest absolute Gasteiger partial charge is 0.872 e. The standard InChI is InChI=1S/C24H25FN2O4/c1-4-15-31-17-11-9-16(10-12-17)22(28)20-21(18-7-5-6-8-19(18)25)27(14-13-26(2)3)24(30)23(20)29/h4-12,21,28H,1,13-15H2,2-3H3/b22-20+. The van der Waals surface area contributed by atoms with Gasteiger partial charge < -0.3 is 19.6 Å². The van der Waals surface area contributed by atoms with Crippen molar-refractivity contribution in [2.75, 3.05) is 33.8 Å². The smallest absolute Gasteiger partial charge is 0.295 e. The lowest BCUT2D eigenvalue weighted by molar-refractivity contribution is -0.857. The fourth-order valence-electron chi connectivity index (χ4n) is 3.48. The van der Waals surface area contributed by atoms with Crippen molar-refractivity contribution in [3.63, 3.8) is 0 Å². The molecule has 31 heavy (non-hydrogen) atoms. The van der Waals surface area contributed by atoms with Gasteiger partial charge in [-0.1, -0.05) is 48.7 Å². The highest BCUT2D eigenvalue weighted by Crippen LogP contribution is 2.39. The van der Waals surface area contributed by atoms with Crippen LogP contribution in [0.5, 0.6) is 5.75 Å². The fraction of sp³-hybridized carbons (Fsp3) is 0.250. The van der Waals surface area contributed by atoms with Crippen LogP contribution in [-0.2, 0) is 9.59 Å². The van der Waals surface area contributed by atoms with Crippen molar-refractivity contribution >= 4 is 17.4 Å². The molecule has 1 saturated heterocycles. The number of nitrogens with one attached hydrogen (secondary N) is 1. The molecule has 1 fully saturated rings. The number of Topliss-reactive ketones (excluding diaryl/α,β-unsaturated/α-hetero) is 1. The first-order valence-corrected chi connectivity index (χ1v) is 9.99. The second-order valence-corrected chi connectivity index (χ2v) is 7.58. The van der Waals surface area contributed by atoms with E-state index in [0.29, 0.717) is 18.9 Å². The molecule has 1 heterocycles. The molecule has 1 aliphatic heterocycles. The maximum atomic E-state index is 14.7. The zero-order valence-electron chi connectivity index (χ0n) is 17.6. The van der Waals surface area contributed by atoms with E-state index in [-0.39, 0.29) is 23.2 Å². The van der Waals surface area contributed by atoms with E-state index in [0.717, 1.165) is 4.90 Å². The molecule has 1 amide bonds. The van der Waals surface area contributed by atoms with Crippen LogP contribution >= 0.6 is 0 Å². The summed E-state index contributed by atoms with van der Waals surface area (Å²) in [6.07, 6.45) is 1.60. The van der Waals surface area contributed by atoms with Crippen LogP contribution in [0.2, 0.25) is 0 Å². The fourth-order valence-corrected chi connectivity index (χ4v) is 3.48. The molecule has 0 aliphatic carbocycles. The van der Waals surface area contributed by atoms with Gasteiger partial charge in [0.1, 0.15) is 18.2 Å². The predicted molar refractivity (Wildman–Crippen MR) is 113 cm³/mol. The Morgan fingerprint density at radius 2 is 1.87 bits per heavy atom. The number of likely N-dealkylation sites (N-methyl/N-ethyl adjacent to an activating group) is 1. The van der Waals surface area contributed by atoms with Gasteiger partial charge in [0, 0.05) is 11.1 Å². The van der Waals surface area contributed by atoms with Gasteiger partial charge in [-0.25, -0.2) is 4.39 Å². The summed E-state index contributed by atoms with van der Waals surface area (Å²) in [5.41, 5.74) is 0.122. The third-order valence-corrected chi connectivity index (χ3v) is 5.07. The third kappa shape index (κ3) is 4.67. The number of ketones is 1. The number of nitrogens with zero attached hydrogens (tertiary/aromatic N) is 1. The van der Waals surface area contributed by atoms with E-state index < -0.39 is 29.3 Å². The summed E-state index contributed by atoms with van der Waals surface area (Å²) in [6.45, 7) is 4.65. The number of hydrogen-bond acceptors (Lipinski definition) is 4. The Balaban J connectivity index is 2.08. The van der Waals surface area contributed by atoms with Gasteiger partial charge in [0.25, 0.3) is 5.91 Å². The first-order valence-electron chi connectivity index (χ1n) is 9.99. The molecule has 3 rings (SSSR count). The van der Waals surface area contributed by atoms with Crippen LogP contribution in [0, 0.1) is 5.82 Å². The lowest BCUT2D eigenvalue weighted by atomic mass is 9.95. The van der Waals surface area contributed by atoms with Crippen molar-refractivity contribution in [1.82, 2.24) is 4.90 Å². The minimum atomic E-state index is -1.07. The average molecular weight is 424 g/mol. The molecule has 0 radical (unpaired) electrons. The molecule has 0 aromatic heterocycles. The zero-order valence-corrected chi connectivity index (χ0v) is 17.6. The Labute approximate surface area is 180 Å². The Hall–Kier alpha value is -3.45. The Bertz CT molecular complexity index is 1010. The zero-order chi connectivity index (χ0) is 22.5. The summed E-state index contributed by atoms with van der Waals surface area (Å²) in [6, 6.07) is 11.1. The summed E-state index contributed by atoms with van der Waals surface area (Å²) >= 11 is 0. The van der Waals surface area contributed by atoms with E-state index in [1.165, 1.54) is 35.2 Å². The number of ether oxygens (including phenoxy) is 1. The number of carbonyl (C=O) groups excluding carboxylic acids is 2. The van der Waals surface area contributed by atoms with Crippen LogP contribution in [0.4, 0.5) is 4.39 Å². The van der Waals surface area contributed by atoms with Crippen molar-refractivity contribution in [1.29, 1.82) is 0 Å². The van der Waals surface area contributed by atoms with Crippen LogP contribution in [0.15, 0.2) is 66.8 Å². The minimum Gasteiger partial charge on any atom is -0.872 e. The number of quaternary nitrogens is 1. The summed E-state index contributed by atoms with van der Waals surface area (Å²) in [4.78, 5) is 28.0. The number of amides is 1. The molecular weight excluding hydrogens is 399 g/mol. The van der Waals surface area contributed by atoms with Gasteiger partial charge >= 0.3 is 0 Å². The van der Waals surface area contributed by atoms with Crippen molar-refractivity contribution < 1.29 is 28.7 Å². The van der Waals surface area contributed by atoms with Crippen LogP contribution in [0.1, 0.15) is 17.2 Å². The topological polar surface area (TPSA) is 74.1 Å². The summed E-state index contributed by atoms with van der Waals surface area (Å²) < 4.78 is 20.1. The number of halogens is 1. The van der Waals surface area contributed by atoms with Crippen molar-refractivity contribution in [3.05, 3.63) is 83.7 Å². The second kappa shape index (κ2) is 9.57. The predicted octanol–water partition coefficient (Wildman–Crippen LogP) is 0.759. The SMILES string of the molecule is C=CCOc1ccc(/C([O-])=C2\C(=O)C(=O)N(CC[NH+](C)C)C2c2ccccc2F)cc1. The molecule has 162 valence electrons. The Morgan fingerprint density at radius 1 is 1.19 bits per heavy atom. The van der Waals surface area contributed by atoms with Crippen molar-refractivity contribution in [2.24, 2.45) is 0 Å². The molecule has 1 unspecified atom stereocenters. The highest BCUT2D eigenvalue weighted by atomic mass is 19.1. The van der Waals surface area contributed by atoms with E-state index in [1.807, 2.05) is 14.1 Å². The molecular formula is C24H25FN2O4. The van der Waals surface area contributed by atoms with E-state index >= 15 is 0 Å².